The summed E-state index contributed by atoms with van der Waals surface area (Å²) in [5.74, 6) is 0.470. The number of benzene rings is 2. The zero-order valence-corrected chi connectivity index (χ0v) is 15.7. The first-order valence-electron chi connectivity index (χ1n) is 9.58. The molecule has 2 aromatic rings. The number of fused-ring (bicyclic) bond motifs is 1. The van der Waals surface area contributed by atoms with E-state index in [2.05, 4.69) is 29.7 Å². The first kappa shape index (κ1) is 19.0. The molecule has 0 aliphatic carbocycles. The van der Waals surface area contributed by atoms with Gasteiger partial charge in [0.1, 0.15) is 5.75 Å². The Morgan fingerprint density at radius 3 is 2.70 bits per heavy atom. The maximum absolute atomic E-state index is 12.1. The van der Waals surface area contributed by atoms with Crippen molar-refractivity contribution < 1.29 is 14.3 Å². The Kier molecular flexibility index (Phi) is 6.47. The molecule has 27 heavy (non-hydrogen) atoms. The van der Waals surface area contributed by atoms with Crippen molar-refractivity contribution in [1.29, 1.82) is 0 Å². The third-order valence-corrected chi connectivity index (χ3v) is 4.65. The van der Waals surface area contributed by atoms with Gasteiger partial charge in [-0.2, -0.15) is 0 Å². The monoisotopic (exact) mass is 366 g/mol. The molecule has 1 heterocycles. The summed E-state index contributed by atoms with van der Waals surface area (Å²) in [6.07, 6.45) is 5.89. The second-order valence-corrected chi connectivity index (χ2v) is 6.86. The van der Waals surface area contributed by atoms with Crippen LogP contribution in [-0.4, -0.2) is 18.4 Å². The van der Waals surface area contributed by atoms with E-state index < -0.39 is 0 Å². The molecule has 2 aromatic carbocycles. The second-order valence-electron chi connectivity index (χ2n) is 6.86. The summed E-state index contributed by atoms with van der Waals surface area (Å²) in [7, 11) is 0. The van der Waals surface area contributed by atoms with Gasteiger partial charge in [-0.25, -0.2) is 0 Å². The number of aryl methyl sites for hydroxylation is 2. The summed E-state index contributed by atoms with van der Waals surface area (Å²) in [6, 6.07) is 13.4. The third-order valence-electron chi connectivity index (χ3n) is 4.65. The van der Waals surface area contributed by atoms with E-state index >= 15 is 0 Å². The molecule has 0 fully saturated rings. The molecule has 0 atom stereocenters. The maximum Gasteiger partial charge on any atom is 0.262 e. The fraction of sp³-hybridized carbons (Fsp3) is 0.364. The van der Waals surface area contributed by atoms with Gasteiger partial charge in [0.25, 0.3) is 5.91 Å². The molecule has 3 rings (SSSR count). The van der Waals surface area contributed by atoms with E-state index in [0.717, 1.165) is 23.4 Å². The molecule has 142 valence electrons. The van der Waals surface area contributed by atoms with Crippen LogP contribution in [0.1, 0.15) is 43.7 Å². The van der Waals surface area contributed by atoms with Crippen LogP contribution in [0.3, 0.4) is 0 Å². The Morgan fingerprint density at radius 1 is 1.11 bits per heavy atom. The molecule has 2 amide bonds. The van der Waals surface area contributed by atoms with Crippen molar-refractivity contribution in [3.05, 3.63) is 53.6 Å². The normalized spacial score (nSPS) is 12.9. The van der Waals surface area contributed by atoms with E-state index in [1.54, 1.807) is 6.07 Å². The number of carbonyl (C=O) groups is 2. The van der Waals surface area contributed by atoms with Crippen molar-refractivity contribution in [3.63, 3.8) is 0 Å². The Bertz CT molecular complexity index is 800. The van der Waals surface area contributed by atoms with Crippen LogP contribution in [-0.2, 0) is 22.4 Å². The Morgan fingerprint density at radius 2 is 1.93 bits per heavy atom. The number of nitrogens with one attached hydrogen (secondary N) is 2. The van der Waals surface area contributed by atoms with Crippen LogP contribution in [0.2, 0.25) is 0 Å². The minimum atomic E-state index is -0.195. The average molecular weight is 366 g/mol. The van der Waals surface area contributed by atoms with Gasteiger partial charge >= 0.3 is 0 Å². The highest BCUT2D eigenvalue weighted by molar-refractivity contribution is 5.94. The molecule has 0 unspecified atom stereocenters. The quantitative estimate of drug-likeness (QED) is 0.684. The lowest BCUT2D eigenvalue weighted by Crippen LogP contribution is -2.21. The van der Waals surface area contributed by atoms with Gasteiger partial charge in [-0.3, -0.25) is 9.59 Å². The smallest absolute Gasteiger partial charge is 0.262 e. The van der Waals surface area contributed by atoms with Gasteiger partial charge in [-0.15, -0.1) is 0 Å². The third kappa shape index (κ3) is 5.58. The van der Waals surface area contributed by atoms with Crippen LogP contribution in [0.5, 0.6) is 5.75 Å². The lowest BCUT2D eigenvalue weighted by molar-refractivity contribution is -0.118. The van der Waals surface area contributed by atoms with Crippen LogP contribution >= 0.6 is 0 Å². The molecule has 0 radical (unpaired) electrons. The Labute approximate surface area is 160 Å². The standard InChI is InChI=1S/C22H26N2O3/c1-2-3-4-5-16-6-9-18(10-7-16)23-22(26)15-27-19-11-12-20-17(14-19)8-13-21(25)24-20/h6-7,9-12,14H,2-5,8,13,15H2,1H3,(H,23,26)(H,24,25). The molecule has 1 aliphatic heterocycles. The van der Waals surface area contributed by atoms with E-state index in [4.69, 9.17) is 4.74 Å². The first-order chi connectivity index (χ1) is 13.1. The molecule has 0 aromatic heterocycles. The zero-order chi connectivity index (χ0) is 19.1. The molecule has 5 heteroatoms. The number of amides is 2. The van der Waals surface area contributed by atoms with E-state index in [0.29, 0.717) is 18.6 Å². The van der Waals surface area contributed by atoms with Crippen molar-refractivity contribution in [2.45, 2.75) is 45.4 Å². The summed E-state index contributed by atoms with van der Waals surface area (Å²) >= 11 is 0. The summed E-state index contributed by atoms with van der Waals surface area (Å²) in [5, 5.41) is 5.69. The average Bonchev–Trinajstić information content (AvgIpc) is 2.68. The molecule has 0 bridgehead atoms. The van der Waals surface area contributed by atoms with Gasteiger partial charge in [0, 0.05) is 17.8 Å². The highest BCUT2D eigenvalue weighted by atomic mass is 16.5. The molecular formula is C22H26N2O3. The number of hydrogen-bond donors (Lipinski definition) is 2. The van der Waals surface area contributed by atoms with Crippen molar-refractivity contribution >= 4 is 23.2 Å². The Balaban J connectivity index is 1.47. The van der Waals surface area contributed by atoms with Crippen molar-refractivity contribution in [2.75, 3.05) is 17.2 Å². The zero-order valence-electron chi connectivity index (χ0n) is 15.7. The summed E-state index contributed by atoms with van der Waals surface area (Å²) < 4.78 is 5.60. The van der Waals surface area contributed by atoms with Crippen LogP contribution in [0.15, 0.2) is 42.5 Å². The molecule has 0 spiro atoms. The molecule has 0 saturated heterocycles. The van der Waals surface area contributed by atoms with Crippen LogP contribution in [0.4, 0.5) is 11.4 Å². The lowest BCUT2D eigenvalue weighted by Gasteiger charge is -2.17. The van der Waals surface area contributed by atoms with Gasteiger partial charge in [0.2, 0.25) is 5.91 Å². The predicted octanol–water partition coefficient (Wildman–Crippen LogP) is 4.32. The number of carbonyl (C=O) groups excluding carboxylic acids is 2. The fourth-order valence-electron chi connectivity index (χ4n) is 3.13. The Hall–Kier alpha value is -2.82. The van der Waals surface area contributed by atoms with Crippen LogP contribution < -0.4 is 15.4 Å². The van der Waals surface area contributed by atoms with Gasteiger partial charge in [0.15, 0.2) is 6.61 Å². The molecule has 1 aliphatic rings. The number of rotatable bonds is 8. The second kappa shape index (κ2) is 9.21. The molecular weight excluding hydrogens is 340 g/mol. The van der Waals surface area contributed by atoms with Crippen LogP contribution in [0.25, 0.3) is 0 Å². The first-order valence-corrected chi connectivity index (χ1v) is 9.58. The number of anilines is 2. The van der Waals surface area contributed by atoms with Gasteiger partial charge in [-0.05, 0) is 60.7 Å². The molecule has 2 N–H and O–H groups in total. The van der Waals surface area contributed by atoms with E-state index in [1.807, 2.05) is 24.3 Å². The molecule has 0 saturated carbocycles. The summed E-state index contributed by atoms with van der Waals surface area (Å²) in [5.41, 5.74) is 3.92. The predicted molar refractivity (Wildman–Crippen MR) is 107 cm³/mol. The number of ether oxygens (including phenoxy) is 1. The SMILES string of the molecule is CCCCCc1ccc(NC(=O)COc2ccc3c(c2)CCC(=O)N3)cc1. The molecule has 5 nitrogen and oxygen atoms in total. The summed E-state index contributed by atoms with van der Waals surface area (Å²) in [6.45, 7) is 2.14. The van der Waals surface area contributed by atoms with Gasteiger partial charge in [-0.1, -0.05) is 31.9 Å². The van der Waals surface area contributed by atoms with Crippen LogP contribution in [0, 0.1) is 0 Å². The highest BCUT2D eigenvalue weighted by Gasteiger charge is 2.15. The maximum atomic E-state index is 12.1. The van der Waals surface area contributed by atoms with Crippen molar-refractivity contribution in [3.8, 4) is 5.75 Å². The van der Waals surface area contributed by atoms with E-state index in [-0.39, 0.29) is 18.4 Å². The summed E-state index contributed by atoms with van der Waals surface area (Å²) in [4.78, 5) is 23.5. The van der Waals surface area contributed by atoms with Gasteiger partial charge in [0.05, 0.1) is 0 Å². The van der Waals surface area contributed by atoms with Gasteiger partial charge < -0.3 is 15.4 Å². The minimum Gasteiger partial charge on any atom is -0.484 e. The van der Waals surface area contributed by atoms with E-state index in [9.17, 15) is 9.59 Å². The topological polar surface area (TPSA) is 67.4 Å². The lowest BCUT2D eigenvalue weighted by atomic mass is 10.0. The largest absolute Gasteiger partial charge is 0.484 e. The van der Waals surface area contributed by atoms with Crippen molar-refractivity contribution in [1.82, 2.24) is 0 Å². The number of unbranched alkanes of at least 4 members (excludes halogenated alkanes) is 2. The van der Waals surface area contributed by atoms with Crippen molar-refractivity contribution in [2.24, 2.45) is 0 Å². The van der Waals surface area contributed by atoms with E-state index in [1.165, 1.54) is 24.8 Å². The minimum absolute atomic E-state index is 0.0342. The number of hydrogen-bond acceptors (Lipinski definition) is 3. The highest BCUT2D eigenvalue weighted by Crippen LogP contribution is 2.26. The fourth-order valence-corrected chi connectivity index (χ4v) is 3.13.